The summed E-state index contributed by atoms with van der Waals surface area (Å²) in [6.07, 6.45) is 2.42. The average Bonchev–Trinajstić information content (AvgIpc) is 3.44. The maximum atomic E-state index is 13.5. The van der Waals surface area contributed by atoms with E-state index in [2.05, 4.69) is 30.1 Å². The van der Waals surface area contributed by atoms with Gasteiger partial charge in [0, 0.05) is 29.5 Å². The zero-order valence-corrected chi connectivity index (χ0v) is 21.3. The fourth-order valence-corrected chi connectivity index (χ4v) is 5.65. The van der Waals surface area contributed by atoms with Crippen molar-refractivity contribution >= 4 is 50.6 Å². The highest BCUT2D eigenvalue weighted by Crippen LogP contribution is 2.30. The van der Waals surface area contributed by atoms with Crippen molar-refractivity contribution in [1.29, 1.82) is 0 Å². The smallest absolute Gasteiger partial charge is 0.256 e. The van der Waals surface area contributed by atoms with E-state index in [1.807, 2.05) is 66.0 Å². The van der Waals surface area contributed by atoms with Crippen molar-refractivity contribution in [1.82, 2.24) is 9.97 Å². The molecule has 2 aromatic carbocycles. The van der Waals surface area contributed by atoms with Crippen LogP contribution in [0.25, 0.3) is 32.4 Å². The highest BCUT2D eigenvalue weighted by Gasteiger charge is 2.19. The van der Waals surface area contributed by atoms with E-state index < -0.39 is 0 Å². The number of para-hydroxylation sites is 1. The zero-order valence-electron chi connectivity index (χ0n) is 20.5. The first-order chi connectivity index (χ1) is 17.5. The lowest BCUT2D eigenvalue weighted by molar-refractivity contribution is 0.102. The molecule has 0 radical (unpaired) electrons. The molecule has 0 unspecified atom stereocenters. The van der Waals surface area contributed by atoms with E-state index in [1.165, 1.54) is 18.4 Å². The predicted octanol–water partition coefficient (Wildman–Crippen LogP) is 7.31. The number of carbonyl (C=O) groups is 1. The Hall–Kier alpha value is -3.77. The van der Waals surface area contributed by atoms with Gasteiger partial charge in [0.2, 0.25) is 0 Å². The van der Waals surface area contributed by atoms with Crippen LogP contribution in [-0.2, 0) is 0 Å². The van der Waals surface area contributed by atoms with Crippen LogP contribution in [0.15, 0.2) is 72.1 Å². The van der Waals surface area contributed by atoms with E-state index in [1.54, 1.807) is 11.3 Å². The number of fused-ring (bicyclic) bond motifs is 2. The molecule has 1 aliphatic rings. The molecule has 180 valence electrons. The number of benzene rings is 2. The van der Waals surface area contributed by atoms with Crippen LogP contribution in [0.3, 0.4) is 0 Å². The minimum absolute atomic E-state index is 0.143. The zero-order chi connectivity index (χ0) is 24.6. The third-order valence-corrected chi connectivity index (χ3v) is 7.99. The first kappa shape index (κ1) is 22.7. The number of pyridine rings is 2. The molecule has 0 spiro atoms. The standard InChI is InChI=1S/C30H28N4OS/c1-19-11-13-34(14-12-19)29-16-20(2)23-17-21(9-10-26(23)33-29)31-30(35)24-18-27(28-8-5-15-36-28)32-25-7-4-3-6-22(24)25/h3-10,15-19H,11-14H2,1-2H3,(H,31,35). The number of aryl methyl sites for hydroxylation is 1. The molecule has 1 aliphatic heterocycles. The van der Waals surface area contributed by atoms with E-state index in [4.69, 9.17) is 9.97 Å². The summed E-state index contributed by atoms with van der Waals surface area (Å²) in [5.74, 6) is 1.69. The summed E-state index contributed by atoms with van der Waals surface area (Å²) in [5, 5.41) is 7.04. The monoisotopic (exact) mass is 492 g/mol. The molecular formula is C30H28N4OS. The largest absolute Gasteiger partial charge is 0.357 e. The summed E-state index contributed by atoms with van der Waals surface area (Å²) in [6, 6.07) is 21.9. The van der Waals surface area contributed by atoms with Crippen molar-refractivity contribution in [3.05, 3.63) is 83.2 Å². The van der Waals surface area contributed by atoms with Crippen molar-refractivity contribution < 1.29 is 4.79 Å². The Morgan fingerprint density at radius 3 is 2.56 bits per heavy atom. The quantitative estimate of drug-likeness (QED) is 0.286. The Balaban J connectivity index is 1.32. The summed E-state index contributed by atoms with van der Waals surface area (Å²) in [6.45, 7) is 6.56. The van der Waals surface area contributed by atoms with Gasteiger partial charge >= 0.3 is 0 Å². The van der Waals surface area contributed by atoms with E-state index in [-0.39, 0.29) is 5.91 Å². The Bertz CT molecular complexity index is 1570. The minimum Gasteiger partial charge on any atom is -0.357 e. The number of rotatable bonds is 4. The molecule has 36 heavy (non-hydrogen) atoms. The van der Waals surface area contributed by atoms with Crippen molar-refractivity contribution in [2.75, 3.05) is 23.3 Å². The van der Waals surface area contributed by atoms with E-state index in [0.29, 0.717) is 5.56 Å². The van der Waals surface area contributed by atoms with Gasteiger partial charge in [-0.05, 0) is 79.1 Å². The Morgan fingerprint density at radius 2 is 1.75 bits per heavy atom. The molecule has 0 saturated carbocycles. The molecule has 1 N–H and O–H groups in total. The number of thiophene rings is 1. The van der Waals surface area contributed by atoms with Gasteiger partial charge in [0.1, 0.15) is 5.82 Å². The van der Waals surface area contributed by atoms with Crippen LogP contribution in [0.4, 0.5) is 11.5 Å². The third kappa shape index (κ3) is 4.33. The van der Waals surface area contributed by atoms with Gasteiger partial charge in [0.05, 0.1) is 27.2 Å². The number of nitrogens with zero attached hydrogens (tertiary/aromatic N) is 3. The minimum atomic E-state index is -0.143. The van der Waals surface area contributed by atoms with Crippen molar-refractivity contribution in [3.63, 3.8) is 0 Å². The SMILES string of the molecule is Cc1cc(N2CCC(C)CC2)nc2ccc(NC(=O)c3cc(-c4cccs4)nc4ccccc34)cc12. The summed E-state index contributed by atoms with van der Waals surface area (Å²) in [7, 11) is 0. The second-order valence-corrected chi connectivity index (χ2v) is 10.7. The summed E-state index contributed by atoms with van der Waals surface area (Å²) in [4.78, 5) is 26.7. The topological polar surface area (TPSA) is 58.1 Å². The average molecular weight is 493 g/mol. The van der Waals surface area contributed by atoms with Gasteiger partial charge in [-0.1, -0.05) is 31.2 Å². The van der Waals surface area contributed by atoms with Gasteiger partial charge in [-0.3, -0.25) is 4.79 Å². The predicted molar refractivity (Wildman–Crippen MR) is 150 cm³/mol. The van der Waals surface area contributed by atoms with Crippen LogP contribution in [-0.4, -0.2) is 29.0 Å². The third-order valence-electron chi connectivity index (χ3n) is 7.10. The number of amides is 1. The molecule has 6 rings (SSSR count). The molecule has 0 atom stereocenters. The number of nitrogens with one attached hydrogen (secondary N) is 1. The van der Waals surface area contributed by atoms with Gasteiger partial charge in [0.25, 0.3) is 5.91 Å². The van der Waals surface area contributed by atoms with Gasteiger partial charge in [-0.25, -0.2) is 9.97 Å². The first-order valence-electron chi connectivity index (χ1n) is 12.5. The molecule has 6 heteroatoms. The number of carbonyl (C=O) groups excluding carboxylic acids is 1. The lowest BCUT2D eigenvalue weighted by atomic mass is 9.99. The first-order valence-corrected chi connectivity index (χ1v) is 13.3. The van der Waals surface area contributed by atoms with Crippen LogP contribution in [0.5, 0.6) is 0 Å². The van der Waals surface area contributed by atoms with Crippen LogP contribution >= 0.6 is 11.3 Å². The molecule has 0 bridgehead atoms. The Morgan fingerprint density at radius 1 is 0.944 bits per heavy atom. The molecular weight excluding hydrogens is 464 g/mol. The molecule has 1 amide bonds. The van der Waals surface area contributed by atoms with E-state index >= 15 is 0 Å². The summed E-state index contributed by atoms with van der Waals surface area (Å²) in [5.41, 5.74) is 5.12. The normalized spacial score (nSPS) is 14.4. The van der Waals surface area contributed by atoms with Crippen molar-refractivity contribution in [2.45, 2.75) is 26.7 Å². The number of hydrogen-bond donors (Lipinski definition) is 1. The Kier molecular flexibility index (Phi) is 5.89. The maximum absolute atomic E-state index is 13.5. The number of anilines is 2. The van der Waals surface area contributed by atoms with Crippen LogP contribution < -0.4 is 10.2 Å². The molecule has 3 aromatic heterocycles. The molecule has 5 nitrogen and oxygen atoms in total. The van der Waals surface area contributed by atoms with Crippen LogP contribution in [0, 0.1) is 12.8 Å². The molecule has 1 saturated heterocycles. The molecule has 0 aliphatic carbocycles. The number of piperidine rings is 1. The van der Waals surface area contributed by atoms with Crippen molar-refractivity contribution in [3.8, 4) is 10.6 Å². The fraction of sp³-hybridized carbons (Fsp3) is 0.233. The van der Waals surface area contributed by atoms with Crippen molar-refractivity contribution in [2.24, 2.45) is 5.92 Å². The lowest BCUT2D eigenvalue weighted by Crippen LogP contribution is -2.33. The Labute approximate surface area is 214 Å². The van der Waals surface area contributed by atoms with Crippen LogP contribution in [0.2, 0.25) is 0 Å². The number of hydrogen-bond acceptors (Lipinski definition) is 5. The highest BCUT2D eigenvalue weighted by molar-refractivity contribution is 7.13. The van der Waals surface area contributed by atoms with Gasteiger partial charge in [-0.15, -0.1) is 11.3 Å². The fourth-order valence-electron chi connectivity index (χ4n) is 4.97. The van der Waals surface area contributed by atoms with Gasteiger partial charge < -0.3 is 10.2 Å². The highest BCUT2D eigenvalue weighted by atomic mass is 32.1. The second kappa shape index (κ2) is 9.36. The molecule has 1 fully saturated rings. The summed E-state index contributed by atoms with van der Waals surface area (Å²) >= 11 is 1.62. The lowest BCUT2D eigenvalue weighted by Gasteiger charge is -2.31. The maximum Gasteiger partial charge on any atom is 0.256 e. The van der Waals surface area contributed by atoms with Crippen LogP contribution in [0.1, 0.15) is 35.7 Å². The van der Waals surface area contributed by atoms with E-state index in [9.17, 15) is 4.79 Å². The number of aromatic nitrogens is 2. The summed E-state index contributed by atoms with van der Waals surface area (Å²) < 4.78 is 0. The second-order valence-electron chi connectivity index (χ2n) is 9.70. The molecule has 4 heterocycles. The molecule has 5 aromatic rings. The van der Waals surface area contributed by atoms with Gasteiger partial charge in [0.15, 0.2) is 0 Å². The van der Waals surface area contributed by atoms with E-state index in [0.717, 1.165) is 62.9 Å². The van der Waals surface area contributed by atoms with Gasteiger partial charge in [-0.2, -0.15) is 0 Å².